The van der Waals surface area contributed by atoms with E-state index in [9.17, 15) is 4.79 Å². The summed E-state index contributed by atoms with van der Waals surface area (Å²) in [7, 11) is 0. The van der Waals surface area contributed by atoms with Crippen molar-refractivity contribution in [3.8, 4) is 0 Å². The topological polar surface area (TPSA) is 34.0 Å². The SMILES string of the molecule is Cc1cc2ccccc2n1CC(=O)Nc1ccccc1. The molecule has 0 spiro atoms. The first kappa shape index (κ1) is 12.5. The van der Waals surface area contributed by atoms with Crippen LogP contribution < -0.4 is 5.32 Å². The van der Waals surface area contributed by atoms with Gasteiger partial charge in [-0.1, -0.05) is 36.4 Å². The molecule has 1 heterocycles. The van der Waals surface area contributed by atoms with Crippen LogP contribution in [-0.2, 0) is 11.3 Å². The van der Waals surface area contributed by atoms with Gasteiger partial charge in [-0.05, 0) is 36.6 Å². The van der Waals surface area contributed by atoms with Gasteiger partial charge in [-0.2, -0.15) is 0 Å². The van der Waals surface area contributed by atoms with Crippen LogP contribution in [0.2, 0.25) is 0 Å². The molecular weight excluding hydrogens is 248 g/mol. The lowest BCUT2D eigenvalue weighted by Crippen LogP contribution is -2.19. The fraction of sp³-hybridized carbons (Fsp3) is 0.118. The maximum absolute atomic E-state index is 12.1. The molecule has 0 radical (unpaired) electrons. The molecule has 3 aromatic rings. The normalized spacial score (nSPS) is 10.7. The largest absolute Gasteiger partial charge is 0.335 e. The van der Waals surface area contributed by atoms with E-state index in [1.165, 1.54) is 0 Å². The number of anilines is 1. The molecule has 1 N–H and O–H groups in total. The second kappa shape index (κ2) is 5.21. The van der Waals surface area contributed by atoms with Gasteiger partial charge in [0.25, 0.3) is 0 Å². The van der Waals surface area contributed by atoms with Gasteiger partial charge in [-0.15, -0.1) is 0 Å². The summed E-state index contributed by atoms with van der Waals surface area (Å²) in [6.45, 7) is 2.35. The smallest absolute Gasteiger partial charge is 0.244 e. The average molecular weight is 264 g/mol. The van der Waals surface area contributed by atoms with Crippen molar-refractivity contribution in [2.24, 2.45) is 0 Å². The number of rotatable bonds is 3. The van der Waals surface area contributed by atoms with E-state index < -0.39 is 0 Å². The van der Waals surface area contributed by atoms with Gasteiger partial charge in [-0.25, -0.2) is 0 Å². The quantitative estimate of drug-likeness (QED) is 0.770. The summed E-state index contributed by atoms with van der Waals surface area (Å²) in [4.78, 5) is 12.1. The zero-order chi connectivity index (χ0) is 13.9. The van der Waals surface area contributed by atoms with Crippen LogP contribution in [0, 0.1) is 6.92 Å². The van der Waals surface area contributed by atoms with E-state index in [0.29, 0.717) is 6.54 Å². The second-order valence-corrected chi connectivity index (χ2v) is 4.84. The Morgan fingerprint density at radius 1 is 1.05 bits per heavy atom. The minimum Gasteiger partial charge on any atom is -0.335 e. The second-order valence-electron chi connectivity index (χ2n) is 4.84. The molecule has 0 bridgehead atoms. The molecule has 0 saturated heterocycles. The van der Waals surface area contributed by atoms with Crippen molar-refractivity contribution in [3.63, 3.8) is 0 Å². The first-order chi connectivity index (χ1) is 9.74. The van der Waals surface area contributed by atoms with E-state index >= 15 is 0 Å². The monoisotopic (exact) mass is 264 g/mol. The number of aryl methyl sites for hydroxylation is 1. The Balaban J connectivity index is 1.83. The summed E-state index contributed by atoms with van der Waals surface area (Å²) in [5.41, 5.74) is 3.01. The van der Waals surface area contributed by atoms with Crippen LogP contribution in [0.15, 0.2) is 60.7 Å². The number of amides is 1. The van der Waals surface area contributed by atoms with E-state index in [0.717, 1.165) is 22.3 Å². The molecule has 0 saturated carbocycles. The van der Waals surface area contributed by atoms with Crippen molar-refractivity contribution in [1.82, 2.24) is 4.57 Å². The first-order valence-corrected chi connectivity index (χ1v) is 6.64. The van der Waals surface area contributed by atoms with E-state index in [1.54, 1.807) is 0 Å². The van der Waals surface area contributed by atoms with Crippen molar-refractivity contribution in [1.29, 1.82) is 0 Å². The van der Waals surface area contributed by atoms with Crippen LogP contribution in [0.25, 0.3) is 10.9 Å². The van der Waals surface area contributed by atoms with Gasteiger partial charge in [0.1, 0.15) is 6.54 Å². The van der Waals surface area contributed by atoms with Gasteiger partial charge in [0.2, 0.25) is 5.91 Å². The van der Waals surface area contributed by atoms with Crippen LogP contribution >= 0.6 is 0 Å². The van der Waals surface area contributed by atoms with Gasteiger partial charge in [0.05, 0.1) is 0 Å². The number of nitrogens with one attached hydrogen (secondary N) is 1. The maximum Gasteiger partial charge on any atom is 0.244 e. The lowest BCUT2D eigenvalue weighted by molar-refractivity contribution is -0.116. The highest BCUT2D eigenvalue weighted by Gasteiger charge is 2.09. The minimum absolute atomic E-state index is 0.0133. The number of carbonyl (C=O) groups is 1. The lowest BCUT2D eigenvalue weighted by atomic mass is 10.2. The zero-order valence-electron chi connectivity index (χ0n) is 11.3. The Morgan fingerprint density at radius 2 is 1.75 bits per heavy atom. The van der Waals surface area contributed by atoms with Crippen LogP contribution in [-0.4, -0.2) is 10.5 Å². The number of fused-ring (bicyclic) bond motifs is 1. The summed E-state index contributed by atoms with van der Waals surface area (Å²) in [5.74, 6) is -0.0133. The van der Waals surface area contributed by atoms with Gasteiger partial charge in [-0.3, -0.25) is 4.79 Å². The fourth-order valence-corrected chi connectivity index (χ4v) is 2.42. The van der Waals surface area contributed by atoms with Crippen molar-refractivity contribution in [3.05, 3.63) is 66.4 Å². The average Bonchev–Trinajstić information content (AvgIpc) is 2.76. The summed E-state index contributed by atoms with van der Waals surface area (Å²) >= 11 is 0. The summed E-state index contributed by atoms with van der Waals surface area (Å²) in [5, 5.41) is 4.08. The predicted octanol–water partition coefficient (Wildman–Crippen LogP) is 3.59. The van der Waals surface area contributed by atoms with E-state index in [-0.39, 0.29) is 5.91 Å². The van der Waals surface area contributed by atoms with Crippen LogP contribution in [0.5, 0.6) is 0 Å². The van der Waals surface area contributed by atoms with Gasteiger partial charge >= 0.3 is 0 Å². The standard InChI is InChI=1S/C17H16N2O/c1-13-11-14-7-5-6-10-16(14)19(13)12-17(20)18-15-8-3-2-4-9-15/h2-11H,12H2,1H3,(H,18,20). The maximum atomic E-state index is 12.1. The number of carbonyl (C=O) groups excluding carboxylic acids is 1. The van der Waals surface area contributed by atoms with Gasteiger partial charge < -0.3 is 9.88 Å². The molecule has 0 aliphatic carbocycles. The van der Waals surface area contributed by atoms with Crippen molar-refractivity contribution in [2.45, 2.75) is 13.5 Å². The third-order valence-electron chi connectivity index (χ3n) is 3.38. The Labute approximate surface area is 117 Å². The number of aromatic nitrogens is 1. The highest BCUT2D eigenvalue weighted by atomic mass is 16.1. The zero-order valence-corrected chi connectivity index (χ0v) is 11.3. The third kappa shape index (κ3) is 2.43. The fourth-order valence-electron chi connectivity index (χ4n) is 2.42. The van der Waals surface area contributed by atoms with Crippen LogP contribution in [0.1, 0.15) is 5.69 Å². The molecule has 0 fully saturated rings. The molecule has 3 nitrogen and oxygen atoms in total. The highest BCUT2D eigenvalue weighted by molar-refractivity contribution is 5.92. The molecule has 2 aromatic carbocycles. The van der Waals surface area contributed by atoms with Crippen molar-refractivity contribution in [2.75, 3.05) is 5.32 Å². The Hall–Kier alpha value is -2.55. The number of hydrogen-bond acceptors (Lipinski definition) is 1. The van der Waals surface area contributed by atoms with E-state index in [1.807, 2.05) is 60.0 Å². The summed E-state index contributed by atoms with van der Waals surface area (Å²) in [6, 6.07) is 19.7. The van der Waals surface area contributed by atoms with Crippen molar-refractivity contribution >= 4 is 22.5 Å². The number of nitrogens with zero attached hydrogens (tertiary/aromatic N) is 1. The molecule has 3 rings (SSSR count). The molecular formula is C17H16N2O. The molecule has 1 aromatic heterocycles. The molecule has 0 unspecified atom stereocenters. The third-order valence-corrected chi connectivity index (χ3v) is 3.38. The summed E-state index contributed by atoms with van der Waals surface area (Å²) in [6.07, 6.45) is 0. The lowest BCUT2D eigenvalue weighted by Gasteiger charge is -2.09. The van der Waals surface area contributed by atoms with E-state index in [2.05, 4.69) is 17.4 Å². The van der Waals surface area contributed by atoms with Gasteiger partial charge in [0, 0.05) is 16.9 Å². The van der Waals surface area contributed by atoms with Crippen LogP contribution in [0.4, 0.5) is 5.69 Å². The Kier molecular flexibility index (Phi) is 3.25. The molecule has 1 amide bonds. The van der Waals surface area contributed by atoms with Crippen molar-refractivity contribution < 1.29 is 4.79 Å². The Morgan fingerprint density at radius 3 is 2.55 bits per heavy atom. The molecule has 0 aliphatic heterocycles. The molecule has 3 heteroatoms. The molecule has 0 aliphatic rings. The summed E-state index contributed by atoms with van der Waals surface area (Å²) < 4.78 is 2.04. The Bertz CT molecular complexity index is 744. The number of benzene rings is 2. The molecule has 0 atom stereocenters. The predicted molar refractivity (Wildman–Crippen MR) is 81.7 cm³/mol. The van der Waals surface area contributed by atoms with Crippen LogP contribution in [0.3, 0.4) is 0 Å². The first-order valence-electron chi connectivity index (χ1n) is 6.64. The van der Waals surface area contributed by atoms with Gasteiger partial charge in [0.15, 0.2) is 0 Å². The van der Waals surface area contributed by atoms with E-state index in [4.69, 9.17) is 0 Å². The molecule has 100 valence electrons. The number of para-hydroxylation sites is 2. The minimum atomic E-state index is -0.0133. The number of hydrogen-bond donors (Lipinski definition) is 1. The molecule has 20 heavy (non-hydrogen) atoms. The highest BCUT2D eigenvalue weighted by Crippen LogP contribution is 2.19.